The van der Waals surface area contributed by atoms with Crippen LogP contribution in [0.4, 0.5) is 10.1 Å². The number of Topliss-reactive ketones (excluding diaryl/α,β-unsaturated/α-hetero) is 1. The minimum absolute atomic E-state index is 0.0336. The molecule has 5 heteroatoms. The number of nitrogens with zero attached hydrogens (tertiary/aromatic N) is 2. The molecule has 1 aliphatic rings. The molecule has 4 nitrogen and oxygen atoms in total. The summed E-state index contributed by atoms with van der Waals surface area (Å²) in [6.45, 7) is 3.62. The third-order valence-electron chi connectivity index (χ3n) is 3.20. The zero-order valence-corrected chi connectivity index (χ0v) is 10.7. The Balaban J connectivity index is 2.32. The van der Waals surface area contributed by atoms with Crippen molar-refractivity contribution in [3.63, 3.8) is 0 Å². The maximum atomic E-state index is 13.8. The summed E-state index contributed by atoms with van der Waals surface area (Å²) in [5.41, 5.74) is -0.497. The molecule has 0 aromatic heterocycles. The largest absolute Gasteiger partial charge is 0.302 e. The van der Waals surface area contributed by atoms with Crippen LogP contribution < -0.4 is 4.90 Å². The van der Waals surface area contributed by atoms with Crippen LogP contribution in [0.1, 0.15) is 30.6 Å². The number of hydrogen-bond donors (Lipinski definition) is 0. The molecule has 1 aromatic rings. The van der Waals surface area contributed by atoms with Gasteiger partial charge in [0.2, 0.25) is 0 Å². The maximum absolute atomic E-state index is 13.8. The van der Waals surface area contributed by atoms with E-state index >= 15 is 0 Å². The van der Waals surface area contributed by atoms with Crippen LogP contribution >= 0.6 is 0 Å². The number of carbonyl (C=O) groups is 2. The van der Waals surface area contributed by atoms with Gasteiger partial charge in [-0.2, -0.15) is 5.26 Å². The maximum Gasteiger partial charge on any atom is 0.299 e. The summed E-state index contributed by atoms with van der Waals surface area (Å²) in [5.74, 6) is -2.01. The number of amides is 1. The lowest BCUT2D eigenvalue weighted by Crippen LogP contribution is -2.33. The molecule has 0 aliphatic carbocycles. The standard InChI is InChI=1S/C14H13FN2O2/c1-14(2,8-16)6-7-17-11-9(12(18)13(17)19)4-3-5-10(11)15/h3-5H,6-7H2,1-2H3. The predicted octanol–water partition coefficient (Wildman–Crippen LogP) is 2.29. The minimum Gasteiger partial charge on any atom is -0.302 e. The van der Waals surface area contributed by atoms with Gasteiger partial charge < -0.3 is 4.90 Å². The van der Waals surface area contributed by atoms with Gasteiger partial charge in [-0.3, -0.25) is 9.59 Å². The number of fused-ring (bicyclic) bond motifs is 1. The molecular weight excluding hydrogens is 247 g/mol. The molecule has 0 unspecified atom stereocenters. The van der Waals surface area contributed by atoms with Crippen molar-refractivity contribution in [1.29, 1.82) is 5.26 Å². The van der Waals surface area contributed by atoms with Crippen LogP contribution in [-0.4, -0.2) is 18.2 Å². The molecule has 0 N–H and O–H groups in total. The number of para-hydroxylation sites is 1. The van der Waals surface area contributed by atoms with Gasteiger partial charge in [-0.25, -0.2) is 4.39 Å². The van der Waals surface area contributed by atoms with Gasteiger partial charge in [-0.15, -0.1) is 0 Å². The predicted molar refractivity (Wildman–Crippen MR) is 67.1 cm³/mol. The highest BCUT2D eigenvalue weighted by molar-refractivity contribution is 6.52. The Morgan fingerprint density at radius 2 is 2.05 bits per heavy atom. The molecule has 98 valence electrons. The summed E-state index contributed by atoms with van der Waals surface area (Å²) >= 11 is 0. The van der Waals surface area contributed by atoms with Crippen molar-refractivity contribution >= 4 is 17.4 Å². The van der Waals surface area contributed by atoms with E-state index in [-0.39, 0.29) is 17.8 Å². The number of carbonyl (C=O) groups excluding carboxylic acids is 2. The molecule has 19 heavy (non-hydrogen) atoms. The van der Waals surface area contributed by atoms with E-state index in [2.05, 4.69) is 6.07 Å². The van der Waals surface area contributed by atoms with Gasteiger partial charge in [-0.05, 0) is 32.4 Å². The molecule has 0 atom stereocenters. The minimum atomic E-state index is -0.728. The molecule has 2 rings (SSSR count). The molecule has 0 fully saturated rings. The van der Waals surface area contributed by atoms with Gasteiger partial charge in [0.1, 0.15) is 5.82 Å². The third-order valence-corrected chi connectivity index (χ3v) is 3.20. The number of halogens is 1. The summed E-state index contributed by atoms with van der Waals surface area (Å²) in [5, 5.41) is 8.94. The first-order valence-corrected chi connectivity index (χ1v) is 5.93. The topological polar surface area (TPSA) is 61.2 Å². The quantitative estimate of drug-likeness (QED) is 0.783. The van der Waals surface area contributed by atoms with Crippen LogP contribution in [-0.2, 0) is 4.79 Å². The highest BCUT2D eigenvalue weighted by atomic mass is 19.1. The molecule has 0 saturated heterocycles. The number of hydrogen-bond acceptors (Lipinski definition) is 3. The third kappa shape index (κ3) is 2.22. The second-order valence-corrected chi connectivity index (χ2v) is 5.17. The Morgan fingerprint density at radius 3 is 2.68 bits per heavy atom. The molecule has 0 bridgehead atoms. The van der Waals surface area contributed by atoms with E-state index in [1.807, 2.05) is 0 Å². The first kappa shape index (κ1) is 13.2. The highest BCUT2D eigenvalue weighted by Gasteiger charge is 2.38. The van der Waals surface area contributed by atoms with Crippen molar-refractivity contribution in [2.24, 2.45) is 5.41 Å². The number of benzene rings is 1. The summed E-state index contributed by atoms with van der Waals surface area (Å²) in [6.07, 6.45) is 0.371. The number of rotatable bonds is 3. The Hall–Kier alpha value is -2.22. The van der Waals surface area contributed by atoms with Crippen molar-refractivity contribution in [2.45, 2.75) is 20.3 Å². The number of nitriles is 1. The highest BCUT2D eigenvalue weighted by Crippen LogP contribution is 2.33. The van der Waals surface area contributed by atoms with Crippen molar-refractivity contribution in [3.05, 3.63) is 29.6 Å². The normalized spacial score (nSPS) is 14.5. The first-order chi connectivity index (χ1) is 8.87. The zero-order valence-electron chi connectivity index (χ0n) is 10.7. The first-order valence-electron chi connectivity index (χ1n) is 5.93. The van der Waals surface area contributed by atoms with E-state index in [0.717, 1.165) is 4.90 Å². The van der Waals surface area contributed by atoms with E-state index in [4.69, 9.17) is 5.26 Å². The van der Waals surface area contributed by atoms with E-state index in [0.29, 0.717) is 6.42 Å². The zero-order chi connectivity index (χ0) is 14.2. The second kappa shape index (κ2) is 4.47. The van der Waals surface area contributed by atoms with Gasteiger partial charge in [0.25, 0.3) is 11.7 Å². The van der Waals surface area contributed by atoms with Crippen LogP contribution in [0, 0.1) is 22.6 Å². The van der Waals surface area contributed by atoms with E-state index < -0.39 is 22.9 Å². The van der Waals surface area contributed by atoms with Gasteiger partial charge in [0.15, 0.2) is 0 Å². The molecule has 0 spiro atoms. The monoisotopic (exact) mass is 260 g/mol. The lowest BCUT2D eigenvalue weighted by molar-refractivity contribution is -0.114. The van der Waals surface area contributed by atoms with E-state index in [1.54, 1.807) is 13.8 Å². The smallest absolute Gasteiger partial charge is 0.299 e. The number of ketones is 1. The van der Waals surface area contributed by atoms with Gasteiger partial charge in [0.05, 0.1) is 22.7 Å². The lowest BCUT2D eigenvalue weighted by Gasteiger charge is -2.21. The Labute approximate surface area is 110 Å². The summed E-state index contributed by atoms with van der Waals surface area (Å²) in [7, 11) is 0. The van der Waals surface area contributed by atoms with Crippen LogP contribution in [0.15, 0.2) is 18.2 Å². The Morgan fingerprint density at radius 1 is 1.37 bits per heavy atom. The molecule has 1 aliphatic heterocycles. The fourth-order valence-electron chi connectivity index (χ4n) is 1.97. The molecule has 0 saturated carbocycles. The number of anilines is 1. The van der Waals surface area contributed by atoms with Crippen LogP contribution in [0.2, 0.25) is 0 Å². The van der Waals surface area contributed by atoms with Crippen molar-refractivity contribution in [2.75, 3.05) is 11.4 Å². The van der Waals surface area contributed by atoms with E-state index in [1.165, 1.54) is 18.2 Å². The fourth-order valence-corrected chi connectivity index (χ4v) is 1.97. The van der Waals surface area contributed by atoms with Crippen LogP contribution in [0.3, 0.4) is 0 Å². The van der Waals surface area contributed by atoms with E-state index in [9.17, 15) is 14.0 Å². The summed E-state index contributed by atoms with van der Waals surface area (Å²) in [6, 6.07) is 6.17. The van der Waals surface area contributed by atoms with Gasteiger partial charge in [0, 0.05) is 6.54 Å². The Bertz CT molecular complexity index is 602. The molecular formula is C14H13FN2O2. The second-order valence-electron chi connectivity index (χ2n) is 5.17. The fraction of sp³-hybridized carbons (Fsp3) is 0.357. The van der Waals surface area contributed by atoms with Crippen LogP contribution in [0.25, 0.3) is 0 Å². The van der Waals surface area contributed by atoms with Gasteiger partial charge in [-0.1, -0.05) is 6.07 Å². The van der Waals surface area contributed by atoms with Crippen molar-refractivity contribution < 1.29 is 14.0 Å². The Kier molecular flexibility index (Phi) is 3.11. The van der Waals surface area contributed by atoms with Crippen molar-refractivity contribution in [3.8, 4) is 6.07 Å². The van der Waals surface area contributed by atoms with Crippen molar-refractivity contribution in [1.82, 2.24) is 0 Å². The average molecular weight is 260 g/mol. The average Bonchev–Trinajstić information content (AvgIpc) is 2.62. The lowest BCUT2D eigenvalue weighted by atomic mass is 9.91. The molecule has 1 amide bonds. The molecule has 1 heterocycles. The SMILES string of the molecule is CC(C)(C#N)CCN1C(=O)C(=O)c2cccc(F)c21. The molecule has 0 radical (unpaired) electrons. The molecule has 1 aromatic carbocycles. The van der Waals surface area contributed by atoms with Crippen LogP contribution in [0.5, 0.6) is 0 Å². The summed E-state index contributed by atoms with van der Waals surface area (Å²) < 4.78 is 13.8. The van der Waals surface area contributed by atoms with Gasteiger partial charge >= 0.3 is 0 Å². The summed E-state index contributed by atoms with van der Waals surface area (Å²) in [4.78, 5) is 24.7.